The van der Waals surface area contributed by atoms with Crippen molar-refractivity contribution in [2.24, 2.45) is 0 Å². The van der Waals surface area contributed by atoms with Crippen LogP contribution in [-0.4, -0.2) is 26.4 Å². The van der Waals surface area contributed by atoms with Crippen molar-refractivity contribution in [1.29, 1.82) is 0 Å². The first-order valence-electron chi connectivity index (χ1n) is 5.95. The van der Waals surface area contributed by atoms with Crippen LogP contribution < -0.4 is 4.74 Å². The summed E-state index contributed by atoms with van der Waals surface area (Å²) in [5.74, 6) is 1.61. The minimum Gasteiger partial charge on any atom is -0.493 e. The van der Waals surface area contributed by atoms with Gasteiger partial charge in [0.25, 0.3) is 0 Å². The average molecular weight is 348 g/mol. The largest absolute Gasteiger partial charge is 0.493 e. The van der Waals surface area contributed by atoms with Crippen molar-refractivity contribution in [2.45, 2.75) is 18.8 Å². The number of halogens is 1. The Kier molecular flexibility index (Phi) is 5.54. The molecule has 1 unspecified atom stereocenters. The molecular formula is C13H17IO3. The van der Waals surface area contributed by atoms with Crippen LogP contribution in [-0.2, 0) is 7.80 Å². The fraction of sp³-hybridized carbons (Fsp3) is 0.538. The highest BCUT2D eigenvalue weighted by Gasteiger charge is 2.20. The summed E-state index contributed by atoms with van der Waals surface area (Å²) in [6.45, 7) is 2.94. The van der Waals surface area contributed by atoms with Gasteiger partial charge in [-0.2, -0.15) is 0 Å². The van der Waals surface area contributed by atoms with Gasteiger partial charge in [-0.1, -0.05) is 18.2 Å². The molecular weight excluding hydrogens is 331 g/mol. The maximum Gasteiger partial charge on any atom is 0.122 e. The Hall–Kier alpha value is -0.330. The Bertz CT molecular complexity index is 343. The van der Waals surface area contributed by atoms with Crippen molar-refractivity contribution in [2.75, 3.05) is 26.4 Å². The van der Waals surface area contributed by atoms with Gasteiger partial charge in [-0.05, 0) is 30.4 Å². The second kappa shape index (κ2) is 7.18. The fourth-order valence-electron chi connectivity index (χ4n) is 2.13. The zero-order valence-electron chi connectivity index (χ0n) is 9.73. The molecule has 1 aromatic carbocycles. The van der Waals surface area contributed by atoms with E-state index in [4.69, 9.17) is 12.5 Å². The lowest BCUT2D eigenvalue weighted by Crippen LogP contribution is -2.16. The van der Waals surface area contributed by atoms with E-state index in [-0.39, 0.29) is 0 Å². The van der Waals surface area contributed by atoms with E-state index in [0.29, 0.717) is 19.1 Å². The molecule has 4 heteroatoms. The van der Waals surface area contributed by atoms with Crippen molar-refractivity contribution >= 4 is 23.0 Å². The topological polar surface area (TPSA) is 27.7 Å². The number of rotatable bonds is 6. The van der Waals surface area contributed by atoms with E-state index in [1.165, 1.54) is 5.56 Å². The predicted octanol–water partition coefficient (Wildman–Crippen LogP) is 3.33. The van der Waals surface area contributed by atoms with Crippen molar-refractivity contribution in [3.63, 3.8) is 0 Å². The molecule has 94 valence electrons. The molecule has 1 heterocycles. The van der Waals surface area contributed by atoms with Gasteiger partial charge in [-0.3, -0.25) is 0 Å². The van der Waals surface area contributed by atoms with E-state index >= 15 is 0 Å². The minimum absolute atomic E-state index is 0.570. The lowest BCUT2D eigenvalue weighted by atomic mass is 9.91. The molecule has 1 aliphatic heterocycles. The van der Waals surface area contributed by atoms with Crippen LogP contribution in [0.15, 0.2) is 24.3 Å². The zero-order valence-corrected chi connectivity index (χ0v) is 11.9. The molecule has 0 amide bonds. The second-order valence-electron chi connectivity index (χ2n) is 4.09. The summed E-state index contributed by atoms with van der Waals surface area (Å²) in [7, 11) is 0. The maximum atomic E-state index is 5.64. The van der Waals surface area contributed by atoms with Gasteiger partial charge in [0.05, 0.1) is 19.8 Å². The number of para-hydroxylation sites is 1. The molecule has 0 aromatic heterocycles. The molecule has 0 radical (unpaired) electrons. The van der Waals surface area contributed by atoms with E-state index in [2.05, 4.69) is 12.1 Å². The van der Waals surface area contributed by atoms with E-state index in [1.807, 2.05) is 35.1 Å². The van der Waals surface area contributed by atoms with Crippen LogP contribution in [0.25, 0.3) is 0 Å². The third kappa shape index (κ3) is 3.82. The zero-order chi connectivity index (χ0) is 11.9. The third-order valence-corrected chi connectivity index (χ3v) is 3.44. The van der Waals surface area contributed by atoms with Crippen LogP contribution in [0.5, 0.6) is 5.75 Å². The first-order chi connectivity index (χ1) is 8.42. The van der Waals surface area contributed by atoms with Gasteiger partial charge in [0.2, 0.25) is 0 Å². The number of fused-ring (bicyclic) bond motifs is 1. The van der Waals surface area contributed by atoms with Crippen LogP contribution in [0.2, 0.25) is 0 Å². The fourth-order valence-corrected chi connectivity index (χ4v) is 2.31. The Morgan fingerprint density at radius 1 is 1.24 bits per heavy atom. The highest BCUT2D eigenvalue weighted by atomic mass is 127. The van der Waals surface area contributed by atoms with Crippen molar-refractivity contribution in [3.8, 4) is 5.75 Å². The van der Waals surface area contributed by atoms with E-state index in [1.54, 1.807) is 0 Å². The molecule has 0 aliphatic carbocycles. The molecule has 0 N–H and O–H groups in total. The lowest BCUT2D eigenvalue weighted by Gasteiger charge is -2.25. The van der Waals surface area contributed by atoms with E-state index in [0.717, 1.165) is 31.8 Å². The first kappa shape index (κ1) is 13.1. The van der Waals surface area contributed by atoms with Crippen molar-refractivity contribution < 1.29 is 12.5 Å². The first-order valence-corrected chi connectivity index (χ1v) is 6.83. The van der Waals surface area contributed by atoms with Gasteiger partial charge >= 0.3 is 0 Å². The van der Waals surface area contributed by atoms with Crippen molar-refractivity contribution in [3.05, 3.63) is 29.8 Å². The summed E-state index contributed by atoms with van der Waals surface area (Å²) in [5.41, 5.74) is 1.33. The van der Waals surface area contributed by atoms with Gasteiger partial charge in [0, 0.05) is 6.61 Å². The molecule has 2 rings (SSSR count). The molecule has 0 fully saturated rings. The normalized spacial score (nSPS) is 18.5. The Morgan fingerprint density at radius 3 is 3.00 bits per heavy atom. The predicted molar refractivity (Wildman–Crippen MR) is 74.7 cm³/mol. The SMILES string of the molecule is IOCCOCCC1CCOc2ccccc21. The van der Waals surface area contributed by atoms with Gasteiger partial charge in [-0.15, -0.1) is 0 Å². The molecule has 1 aromatic rings. The Labute approximate surface area is 116 Å². The van der Waals surface area contributed by atoms with Crippen LogP contribution in [0.4, 0.5) is 0 Å². The van der Waals surface area contributed by atoms with Gasteiger partial charge < -0.3 is 12.5 Å². The maximum absolute atomic E-state index is 5.64. The molecule has 0 saturated heterocycles. The van der Waals surface area contributed by atoms with Crippen LogP contribution in [0.1, 0.15) is 24.3 Å². The van der Waals surface area contributed by atoms with E-state index in [9.17, 15) is 0 Å². The van der Waals surface area contributed by atoms with Gasteiger partial charge in [0.15, 0.2) is 0 Å². The number of ether oxygens (including phenoxy) is 2. The minimum atomic E-state index is 0.570. The highest BCUT2D eigenvalue weighted by molar-refractivity contribution is 14.1. The molecule has 1 atom stereocenters. The molecule has 0 bridgehead atoms. The standard InChI is InChI=1S/C13H17IO3/c14-17-10-9-15-7-5-11-6-8-16-13-4-2-1-3-12(11)13/h1-4,11H,5-10H2. The van der Waals surface area contributed by atoms with Gasteiger partial charge in [0.1, 0.15) is 28.8 Å². The molecule has 0 saturated carbocycles. The molecule has 1 aliphatic rings. The summed E-state index contributed by atoms with van der Waals surface area (Å²) in [4.78, 5) is 0. The highest BCUT2D eigenvalue weighted by Crippen LogP contribution is 2.35. The van der Waals surface area contributed by atoms with Crippen LogP contribution >= 0.6 is 23.0 Å². The molecule has 0 spiro atoms. The number of benzene rings is 1. The smallest absolute Gasteiger partial charge is 0.122 e. The number of hydrogen-bond donors (Lipinski definition) is 0. The van der Waals surface area contributed by atoms with Crippen molar-refractivity contribution in [1.82, 2.24) is 0 Å². The summed E-state index contributed by atoms with van der Waals surface area (Å²) in [5, 5.41) is 0. The second-order valence-corrected chi connectivity index (χ2v) is 4.71. The Morgan fingerprint density at radius 2 is 2.12 bits per heavy atom. The molecule has 3 nitrogen and oxygen atoms in total. The Balaban J connectivity index is 1.82. The summed E-state index contributed by atoms with van der Waals surface area (Å²) < 4.78 is 16.1. The lowest BCUT2D eigenvalue weighted by molar-refractivity contribution is 0.103. The third-order valence-electron chi connectivity index (χ3n) is 3.00. The summed E-state index contributed by atoms with van der Waals surface area (Å²) in [6, 6.07) is 8.31. The van der Waals surface area contributed by atoms with E-state index < -0.39 is 0 Å². The summed E-state index contributed by atoms with van der Waals surface area (Å²) >= 11 is 1.89. The quantitative estimate of drug-likeness (QED) is 0.583. The monoisotopic (exact) mass is 348 g/mol. The number of hydrogen-bond acceptors (Lipinski definition) is 3. The average Bonchev–Trinajstić information content (AvgIpc) is 2.39. The van der Waals surface area contributed by atoms with Crippen LogP contribution in [0, 0.1) is 0 Å². The van der Waals surface area contributed by atoms with Gasteiger partial charge in [-0.25, -0.2) is 0 Å². The summed E-state index contributed by atoms with van der Waals surface area (Å²) in [6.07, 6.45) is 2.14. The van der Waals surface area contributed by atoms with Crippen LogP contribution in [0.3, 0.4) is 0 Å². The molecule has 17 heavy (non-hydrogen) atoms.